The van der Waals surface area contributed by atoms with Crippen LogP contribution in [0.1, 0.15) is 50.7 Å². The molecule has 1 aromatic carbocycles. The molecule has 0 aromatic heterocycles. The minimum Gasteiger partial charge on any atom is -0.330 e. The number of rotatable bonds is 7. The summed E-state index contributed by atoms with van der Waals surface area (Å²) in [6.07, 6.45) is 2.24. The van der Waals surface area contributed by atoms with E-state index in [1.807, 2.05) is 6.92 Å². The number of nitrogens with two attached hydrogens (primary N) is 1. The monoisotopic (exact) mass is 247 g/mol. The predicted molar refractivity (Wildman–Crippen MR) is 76.7 cm³/mol. The second-order valence-corrected chi connectivity index (χ2v) is 5.37. The molecular formula is C16H25NO. The third-order valence-electron chi connectivity index (χ3n) is 3.22. The maximum absolute atomic E-state index is 11.6. The highest BCUT2D eigenvalue weighted by Crippen LogP contribution is 2.21. The molecule has 0 fully saturated rings. The molecule has 0 aliphatic carbocycles. The Morgan fingerprint density at radius 3 is 2.61 bits per heavy atom. The van der Waals surface area contributed by atoms with Gasteiger partial charge < -0.3 is 5.73 Å². The lowest BCUT2D eigenvalue weighted by Gasteiger charge is -2.16. The van der Waals surface area contributed by atoms with Gasteiger partial charge in [0.2, 0.25) is 0 Å². The first-order chi connectivity index (χ1) is 8.56. The second-order valence-electron chi connectivity index (χ2n) is 5.37. The summed E-state index contributed by atoms with van der Waals surface area (Å²) in [6.45, 7) is 6.88. The number of Topliss-reactive ketones (excluding diaryl/α,β-unsaturated/α-hetero) is 1. The fourth-order valence-electron chi connectivity index (χ4n) is 2.20. The van der Waals surface area contributed by atoms with Crippen LogP contribution in [0.5, 0.6) is 0 Å². The normalized spacial score (nSPS) is 12.7. The van der Waals surface area contributed by atoms with E-state index in [0.29, 0.717) is 31.1 Å². The number of hydrogen-bond acceptors (Lipinski definition) is 2. The van der Waals surface area contributed by atoms with Crippen LogP contribution in [0.4, 0.5) is 0 Å². The van der Waals surface area contributed by atoms with Gasteiger partial charge in [0.15, 0.2) is 0 Å². The van der Waals surface area contributed by atoms with E-state index >= 15 is 0 Å². The van der Waals surface area contributed by atoms with Gasteiger partial charge in [0, 0.05) is 18.8 Å². The molecule has 0 saturated carbocycles. The lowest BCUT2D eigenvalue weighted by molar-refractivity contribution is -0.119. The van der Waals surface area contributed by atoms with Crippen LogP contribution in [-0.2, 0) is 11.2 Å². The molecule has 2 nitrogen and oxygen atoms in total. The van der Waals surface area contributed by atoms with Gasteiger partial charge in [-0.25, -0.2) is 0 Å². The quantitative estimate of drug-likeness (QED) is 0.803. The Morgan fingerprint density at radius 1 is 1.33 bits per heavy atom. The Labute approximate surface area is 111 Å². The third-order valence-corrected chi connectivity index (χ3v) is 3.22. The molecule has 0 amide bonds. The zero-order chi connectivity index (χ0) is 13.5. The molecular weight excluding hydrogens is 222 g/mol. The summed E-state index contributed by atoms with van der Waals surface area (Å²) in [5, 5.41) is 0. The van der Waals surface area contributed by atoms with Gasteiger partial charge in [-0.05, 0) is 30.0 Å². The maximum Gasteiger partial charge on any atom is 0.133 e. The van der Waals surface area contributed by atoms with E-state index in [2.05, 4.69) is 38.1 Å². The average Bonchev–Trinajstić information content (AvgIpc) is 2.35. The minimum absolute atomic E-state index is 0.171. The van der Waals surface area contributed by atoms with Crippen molar-refractivity contribution < 1.29 is 4.79 Å². The van der Waals surface area contributed by atoms with E-state index in [1.54, 1.807) is 0 Å². The summed E-state index contributed by atoms with van der Waals surface area (Å²) in [5.41, 5.74) is 8.35. The Bertz CT molecular complexity index is 384. The van der Waals surface area contributed by atoms with Gasteiger partial charge in [0.05, 0.1) is 0 Å². The number of benzene rings is 1. The molecule has 0 saturated heterocycles. The third kappa shape index (κ3) is 4.61. The van der Waals surface area contributed by atoms with Crippen molar-refractivity contribution in [2.24, 2.45) is 11.7 Å². The van der Waals surface area contributed by atoms with Gasteiger partial charge in [-0.3, -0.25) is 4.79 Å². The van der Waals surface area contributed by atoms with Crippen LogP contribution >= 0.6 is 0 Å². The van der Waals surface area contributed by atoms with Gasteiger partial charge in [-0.15, -0.1) is 0 Å². The molecule has 0 heterocycles. The van der Waals surface area contributed by atoms with Crippen molar-refractivity contribution in [1.29, 1.82) is 0 Å². The predicted octanol–water partition coefficient (Wildman–Crippen LogP) is 3.30. The second kappa shape index (κ2) is 7.32. The first kappa shape index (κ1) is 14.9. The van der Waals surface area contributed by atoms with Gasteiger partial charge in [0.25, 0.3) is 0 Å². The topological polar surface area (TPSA) is 43.1 Å². The molecule has 0 aliphatic heterocycles. The first-order valence-electron chi connectivity index (χ1n) is 6.87. The van der Waals surface area contributed by atoms with E-state index < -0.39 is 0 Å². The van der Waals surface area contributed by atoms with Crippen LogP contribution in [0.25, 0.3) is 0 Å². The van der Waals surface area contributed by atoms with Gasteiger partial charge in [-0.2, -0.15) is 0 Å². The smallest absolute Gasteiger partial charge is 0.133 e. The molecule has 0 unspecified atom stereocenters. The van der Waals surface area contributed by atoms with Crippen LogP contribution in [0.2, 0.25) is 0 Å². The molecule has 0 bridgehead atoms. The molecule has 0 radical (unpaired) electrons. The molecule has 100 valence electrons. The summed E-state index contributed by atoms with van der Waals surface area (Å²) >= 11 is 0. The Kier molecular flexibility index (Phi) is 6.06. The molecule has 1 rings (SSSR count). The average molecular weight is 247 g/mol. The highest BCUT2D eigenvalue weighted by Gasteiger charge is 2.14. The zero-order valence-corrected chi connectivity index (χ0v) is 11.8. The summed E-state index contributed by atoms with van der Waals surface area (Å²) in [5.74, 6) is 1.11. The van der Waals surface area contributed by atoms with E-state index in [4.69, 9.17) is 5.73 Å². The highest BCUT2D eigenvalue weighted by atomic mass is 16.1. The van der Waals surface area contributed by atoms with Crippen molar-refractivity contribution in [3.8, 4) is 0 Å². The maximum atomic E-state index is 11.6. The largest absolute Gasteiger partial charge is 0.330 e. The molecule has 1 aromatic rings. The van der Waals surface area contributed by atoms with E-state index in [0.717, 1.165) is 6.42 Å². The van der Waals surface area contributed by atoms with Gasteiger partial charge in [0.1, 0.15) is 5.78 Å². The van der Waals surface area contributed by atoms with Crippen LogP contribution in [0.3, 0.4) is 0 Å². The van der Waals surface area contributed by atoms with Crippen LogP contribution in [0, 0.1) is 5.92 Å². The number of hydrogen-bond donors (Lipinski definition) is 1. The number of carbonyl (C=O) groups excluding carboxylic acids is 1. The molecule has 0 aliphatic rings. The minimum atomic E-state index is 0.171. The van der Waals surface area contributed by atoms with Gasteiger partial charge in [-0.1, -0.05) is 45.0 Å². The zero-order valence-electron chi connectivity index (χ0n) is 11.8. The number of ketones is 1. The summed E-state index contributed by atoms with van der Waals surface area (Å²) in [7, 11) is 0. The molecule has 18 heavy (non-hydrogen) atoms. The Balaban J connectivity index is 2.82. The van der Waals surface area contributed by atoms with E-state index in [9.17, 15) is 4.79 Å². The summed E-state index contributed by atoms with van der Waals surface area (Å²) in [4.78, 5) is 11.6. The summed E-state index contributed by atoms with van der Waals surface area (Å²) in [6, 6.07) is 8.52. The fourth-order valence-corrected chi connectivity index (χ4v) is 2.20. The first-order valence-corrected chi connectivity index (χ1v) is 6.87. The van der Waals surface area contributed by atoms with Crippen molar-refractivity contribution in [3.63, 3.8) is 0 Å². The number of carbonyl (C=O) groups is 1. The Hall–Kier alpha value is -1.15. The van der Waals surface area contributed by atoms with Gasteiger partial charge >= 0.3 is 0 Å². The lowest BCUT2D eigenvalue weighted by atomic mass is 9.90. The molecule has 2 heteroatoms. The van der Waals surface area contributed by atoms with Crippen molar-refractivity contribution in [2.75, 3.05) is 6.54 Å². The van der Waals surface area contributed by atoms with Crippen molar-refractivity contribution in [3.05, 3.63) is 35.4 Å². The van der Waals surface area contributed by atoms with Crippen molar-refractivity contribution in [2.45, 2.75) is 46.0 Å². The van der Waals surface area contributed by atoms with Crippen molar-refractivity contribution in [1.82, 2.24) is 0 Å². The van der Waals surface area contributed by atoms with Crippen LogP contribution < -0.4 is 5.73 Å². The summed E-state index contributed by atoms with van der Waals surface area (Å²) < 4.78 is 0. The molecule has 1 atom stereocenters. The van der Waals surface area contributed by atoms with Crippen LogP contribution in [0.15, 0.2) is 24.3 Å². The Morgan fingerprint density at radius 2 is 2.06 bits per heavy atom. The highest BCUT2D eigenvalue weighted by molar-refractivity contribution is 5.79. The standard InChI is InChI=1S/C16H25NO/c1-4-16(18)10-15(11-17)14-7-5-6-13(9-14)8-12(2)3/h5-7,9,12,15H,4,8,10-11,17H2,1-3H3/t15-/m1/s1. The molecule has 2 N–H and O–H groups in total. The lowest BCUT2D eigenvalue weighted by Crippen LogP contribution is -2.16. The van der Waals surface area contributed by atoms with Crippen molar-refractivity contribution >= 4 is 5.78 Å². The van der Waals surface area contributed by atoms with E-state index in [-0.39, 0.29) is 5.92 Å². The fraction of sp³-hybridized carbons (Fsp3) is 0.562. The van der Waals surface area contributed by atoms with Crippen LogP contribution in [-0.4, -0.2) is 12.3 Å². The van der Waals surface area contributed by atoms with E-state index in [1.165, 1.54) is 11.1 Å². The molecule has 0 spiro atoms. The SMILES string of the molecule is CCC(=O)C[C@H](CN)c1cccc(CC(C)C)c1.